The molecule has 5 heteroatoms. The van der Waals surface area contributed by atoms with Crippen molar-refractivity contribution in [3.05, 3.63) is 0 Å². The van der Waals surface area contributed by atoms with Crippen molar-refractivity contribution in [2.45, 2.75) is 57.1 Å². The van der Waals surface area contributed by atoms with Crippen LogP contribution < -0.4 is 5.32 Å². The third kappa shape index (κ3) is 3.18. The van der Waals surface area contributed by atoms with E-state index < -0.39 is 5.79 Å². The van der Waals surface area contributed by atoms with E-state index in [4.69, 9.17) is 9.47 Å². The van der Waals surface area contributed by atoms with Crippen molar-refractivity contribution in [1.82, 2.24) is 5.32 Å². The number of methoxy groups -OCH3 is 1. The lowest BCUT2D eigenvalue weighted by Crippen LogP contribution is -2.60. The van der Waals surface area contributed by atoms with Gasteiger partial charge in [-0.25, -0.2) is 0 Å². The third-order valence-electron chi connectivity index (χ3n) is 3.38. The molecule has 0 amide bonds. The lowest BCUT2D eigenvalue weighted by molar-refractivity contribution is -0.288. The summed E-state index contributed by atoms with van der Waals surface area (Å²) in [6.07, 6.45) is 2.51. The standard InChI is InChI=1S/C12H21NO4/c1-12(2)16-7-9-10(17-12)5-4-8(13-9)6-11(14)15-3/h8-10,13H,4-7H2,1-3H3/t8-,9-,10-/m1/s1. The Hall–Kier alpha value is -0.650. The molecule has 0 spiro atoms. The van der Waals surface area contributed by atoms with Crippen LogP contribution in [0.25, 0.3) is 0 Å². The molecule has 0 unspecified atom stereocenters. The van der Waals surface area contributed by atoms with Gasteiger partial charge in [0.15, 0.2) is 5.79 Å². The van der Waals surface area contributed by atoms with Gasteiger partial charge in [0.05, 0.1) is 32.3 Å². The Balaban J connectivity index is 1.87. The first-order valence-electron chi connectivity index (χ1n) is 6.15. The van der Waals surface area contributed by atoms with E-state index in [-0.39, 0.29) is 24.2 Å². The van der Waals surface area contributed by atoms with Crippen molar-refractivity contribution in [2.75, 3.05) is 13.7 Å². The van der Waals surface area contributed by atoms with Crippen LogP contribution in [0.3, 0.4) is 0 Å². The van der Waals surface area contributed by atoms with Crippen molar-refractivity contribution < 1.29 is 19.0 Å². The zero-order valence-electron chi connectivity index (χ0n) is 10.7. The molecule has 0 bridgehead atoms. The maximum atomic E-state index is 11.2. The summed E-state index contributed by atoms with van der Waals surface area (Å²) in [6, 6.07) is 0.364. The summed E-state index contributed by atoms with van der Waals surface area (Å²) in [7, 11) is 1.42. The van der Waals surface area contributed by atoms with E-state index in [2.05, 4.69) is 10.1 Å². The van der Waals surface area contributed by atoms with Crippen molar-refractivity contribution in [3.8, 4) is 0 Å². The molecule has 0 saturated carbocycles. The number of esters is 1. The molecule has 3 atom stereocenters. The van der Waals surface area contributed by atoms with Crippen LogP contribution in [0.5, 0.6) is 0 Å². The van der Waals surface area contributed by atoms with Gasteiger partial charge in [-0.1, -0.05) is 0 Å². The van der Waals surface area contributed by atoms with E-state index in [0.29, 0.717) is 13.0 Å². The topological polar surface area (TPSA) is 56.8 Å². The SMILES string of the molecule is COC(=O)C[C@H]1CC[C@H]2OC(C)(C)OC[C@H]2N1. The van der Waals surface area contributed by atoms with Crippen molar-refractivity contribution in [3.63, 3.8) is 0 Å². The van der Waals surface area contributed by atoms with Gasteiger partial charge >= 0.3 is 5.97 Å². The lowest BCUT2D eigenvalue weighted by Gasteiger charge is -2.45. The lowest BCUT2D eigenvalue weighted by atomic mass is 9.93. The minimum atomic E-state index is -0.488. The van der Waals surface area contributed by atoms with Gasteiger partial charge in [-0.15, -0.1) is 0 Å². The highest BCUT2D eigenvalue weighted by Crippen LogP contribution is 2.29. The number of hydrogen-bond acceptors (Lipinski definition) is 5. The van der Waals surface area contributed by atoms with E-state index in [1.807, 2.05) is 13.8 Å². The fourth-order valence-corrected chi connectivity index (χ4v) is 2.49. The van der Waals surface area contributed by atoms with Crippen LogP contribution >= 0.6 is 0 Å². The molecular formula is C12H21NO4. The Kier molecular flexibility index (Phi) is 3.70. The Bertz CT molecular complexity index is 292. The molecule has 0 aliphatic carbocycles. The molecule has 2 rings (SSSR count). The van der Waals surface area contributed by atoms with Gasteiger partial charge in [0, 0.05) is 6.04 Å². The first kappa shape index (κ1) is 12.8. The Labute approximate surface area is 102 Å². The van der Waals surface area contributed by atoms with Crippen LogP contribution in [0.1, 0.15) is 33.1 Å². The number of hydrogen-bond donors (Lipinski definition) is 1. The van der Waals surface area contributed by atoms with Gasteiger partial charge in [-0.3, -0.25) is 4.79 Å². The number of carbonyl (C=O) groups is 1. The van der Waals surface area contributed by atoms with E-state index in [0.717, 1.165) is 12.8 Å². The maximum absolute atomic E-state index is 11.2. The highest BCUT2D eigenvalue weighted by molar-refractivity contribution is 5.69. The van der Waals surface area contributed by atoms with Crippen molar-refractivity contribution in [2.24, 2.45) is 0 Å². The molecular weight excluding hydrogens is 222 g/mol. The maximum Gasteiger partial charge on any atom is 0.307 e. The predicted molar refractivity (Wildman–Crippen MR) is 61.5 cm³/mol. The zero-order valence-corrected chi connectivity index (χ0v) is 10.7. The van der Waals surface area contributed by atoms with Gasteiger partial charge in [-0.05, 0) is 26.7 Å². The van der Waals surface area contributed by atoms with Crippen molar-refractivity contribution in [1.29, 1.82) is 0 Å². The monoisotopic (exact) mass is 243 g/mol. The molecule has 0 aromatic rings. The molecule has 0 aromatic carbocycles. The number of ether oxygens (including phenoxy) is 3. The first-order chi connectivity index (χ1) is 8.00. The average molecular weight is 243 g/mol. The third-order valence-corrected chi connectivity index (χ3v) is 3.38. The normalized spacial score (nSPS) is 36.1. The molecule has 0 radical (unpaired) electrons. The average Bonchev–Trinajstić information content (AvgIpc) is 2.28. The van der Waals surface area contributed by atoms with Crippen LogP contribution in [0.4, 0.5) is 0 Å². The van der Waals surface area contributed by atoms with Crippen LogP contribution in [0.2, 0.25) is 0 Å². The van der Waals surface area contributed by atoms with Crippen LogP contribution in [0.15, 0.2) is 0 Å². The molecule has 1 N–H and O–H groups in total. The quantitative estimate of drug-likeness (QED) is 0.728. The highest BCUT2D eigenvalue weighted by atomic mass is 16.7. The Morgan fingerprint density at radius 3 is 2.94 bits per heavy atom. The van der Waals surface area contributed by atoms with E-state index in [9.17, 15) is 4.79 Å². The second kappa shape index (κ2) is 4.92. The smallest absolute Gasteiger partial charge is 0.307 e. The summed E-state index contributed by atoms with van der Waals surface area (Å²) in [4.78, 5) is 11.2. The first-order valence-corrected chi connectivity index (χ1v) is 6.15. The summed E-state index contributed by atoms with van der Waals surface area (Å²) < 4.78 is 16.2. The Morgan fingerprint density at radius 1 is 1.47 bits per heavy atom. The molecule has 17 heavy (non-hydrogen) atoms. The summed E-state index contributed by atoms with van der Waals surface area (Å²) in [5.41, 5.74) is 0. The van der Waals surface area contributed by atoms with Gasteiger partial charge in [0.25, 0.3) is 0 Å². The molecule has 2 heterocycles. The van der Waals surface area contributed by atoms with Crippen LogP contribution in [-0.4, -0.2) is 43.7 Å². The zero-order chi connectivity index (χ0) is 12.5. The number of carbonyl (C=O) groups excluding carboxylic acids is 1. The minimum absolute atomic E-state index is 0.168. The molecule has 2 fully saturated rings. The van der Waals surface area contributed by atoms with E-state index in [1.54, 1.807) is 0 Å². The summed E-state index contributed by atoms with van der Waals surface area (Å²) >= 11 is 0. The molecule has 98 valence electrons. The molecule has 2 aliphatic rings. The van der Waals surface area contributed by atoms with Crippen molar-refractivity contribution >= 4 is 5.97 Å². The van der Waals surface area contributed by atoms with Gasteiger partial charge < -0.3 is 19.5 Å². The summed E-state index contributed by atoms with van der Waals surface area (Å²) in [5.74, 6) is -0.656. The second-order valence-corrected chi connectivity index (χ2v) is 5.19. The summed E-state index contributed by atoms with van der Waals surface area (Å²) in [6.45, 7) is 4.50. The Morgan fingerprint density at radius 2 is 2.24 bits per heavy atom. The number of rotatable bonds is 2. The van der Waals surface area contributed by atoms with E-state index in [1.165, 1.54) is 7.11 Å². The molecule has 5 nitrogen and oxygen atoms in total. The largest absolute Gasteiger partial charge is 0.469 e. The predicted octanol–water partition coefficient (Wildman–Crippen LogP) is 0.822. The van der Waals surface area contributed by atoms with Gasteiger partial charge in [0.1, 0.15) is 0 Å². The van der Waals surface area contributed by atoms with Crippen LogP contribution in [0, 0.1) is 0 Å². The second-order valence-electron chi connectivity index (χ2n) is 5.19. The number of piperidine rings is 1. The number of nitrogens with one attached hydrogen (secondary N) is 1. The fourth-order valence-electron chi connectivity index (χ4n) is 2.49. The minimum Gasteiger partial charge on any atom is -0.469 e. The fraction of sp³-hybridized carbons (Fsp3) is 0.917. The molecule has 0 aromatic heterocycles. The number of fused-ring (bicyclic) bond motifs is 1. The van der Waals surface area contributed by atoms with Gasteiger partial charge in [0.2, 0.25) is 0 Å². The van der Waals surface area contributed by atoms with Gasteiger partial charge in [-0.2, -0.15) is 0 Å². The van der Waals surface area contributed by atoms with Crippen LogP contribution in [-0.2, 0) is 19.0 Å². The molecule has 2 aliphatic heterocycles. The molecule has 2 saturated heterocycles. The van der Waals surface area contributed by atoms with E-state index >= 15 is 0 Å². The highest BCUT2D eigenvalue weighted by Gasteiger charge is 2.40. The summed E-state index contributed by atoms with van der Waals surface area (Å²) in [5, 5.41) is 3.41.